The summed E-state index contributed by atoms with van der Waals surface area (Å²) in [6.07, 6.45) is 0.966. The molecule has 0 amide bonds. The van der Waals surface area contributed by atoms with Gasteiger partial charge in [-0.1, -0.05) is 0 Å². The molecule has 0 spiro atoms. The first-order chi connectivity index (χ1) is 7.68. The summed E-state index contributed by atoms with van der Waals surface area (Å²) >= 11 is 3.02. The third-order valence-corrected chi connectivity index (χ3v) is 3.05. The van der Waals surface area contributed by atoms with Gasteiger partial charge in [0, 0.05) is 24.8 Å². The largest absolute Gasteiger partial charge is 0.388 e. The number of aliphatic hydroxyl groups excluding tert-OH is 1. The lowest BCUT2D eigenvalue weighted by Crippen LogP contribution is -2.50. The molecule has 2 unspecified atom stereocenters. The van der Waals surface area contributed by atoms with Crippen LogP contribution in [0.2, 0.25) is 0 Å². The van der Waals surface area contributed by atoms with E-state index in [0.29, 0.717) is 25.3 Å². The van der Waals surface area contributed by atoms with Gasteiger partial charge in [0.2, 0.25) is 0 Å². The van der Waals surface area contributed by atoms with Gasteiger partial charge < -0.3 is 15.2 Å². The van der Waals surface area contributed by atoms with Gasteiger partial charge in [0.15, 0.2) is 5.82 Å². The first-order valence-corrected chi connectivity index (χ1v) is 5.77. The lowest BCUT2D eigenvalue weighted by atomic mass is 10.1. The number of nitrogens with one attached hydrogen (secondary N) is 1. The van der Waals surface area contributed by atoms with Crippen molar-refractivity contribution in [2.75, 3.05) is 13.2 Å². The van der Waals surface area contributed by atoms with E-state index >= 15 is 0 Å². The van der Waals surface area contributed by atoms with Crippen molar-refractivity contribution in [1.82, 2.24) is 10.3 Å². The van der Waals surface area contributed by atoms with Crippen LogP contribution in [0, 0.1) is 5.82 Å². The molecule has 2 rings (SSSR count). The molecule has 4 nitrogen and oxygen atoms in total. The molecule has 0 saturated carbocycles. The summed E-state index contributed by atoms with van der Waals surface area (Å²) in [6, 6.07) is 1.62. The second-order valence-electron chi connectivity index (χ2n) is 3.64. The fourth-order valence-corrected chi connectivity index (χ4v) is 1.83. The molecule has 1 aromatic rings. The Bertz CT molecular complexity index is 378. The molecule has 1 aliphatic heterocycles. The number of rotatable bonds is 4. The smallest absolute Gasteiger partial charge is 0.160 e. The first-order valence-electron chi connectivity index (χ1n) is 4.97. The summed E-state index contributed by atoms with van der Waals surface area (Å²) in [5.41, 5.74) is 0.538. The summed E-state index contributed by atoms with van der Waals surface area (Å²) in [5.74, 6) is -0.356. The summed E-state index contributed by atoms with van der Waals surface area (Å²) in [6.45, 7) is 1.29. The number of nitrogens with zero attached hydrogens (tertiary/aromatic N) is 1. The fraction of sp³-hybridized carbons (Fsp3) is 0.500. The van der Waals surface area contributed by atoms with Crippen molar-refractivity contribution in [3.63, 3.8) is 0 Å². The van der Waals surface area contributed by atoms with Crippen LogP contribution < -0.4 is 5.32 Å². The molecule has 2 N–H and O–H groups in total. The monoisotopic (exact) mass is 290 g/mol. The SMILES string of the molecule is OC1COC1CNCc1ccnc(Br)c1F. The predicted molar refractivity (Wildman–Crippen MR) is 59.3 cm³/mol. The van der Waals surface area contributed by atoms with Crippen molar-refractivity contribution < 1.29 is 14.2 Å². The molecule has 6 heteroatoms. The number of halogens is 2. The molecule has 1 fully saturated rings. The summed E-state index contributed by atoms with van der Waals surface area (Å²) in [7, 11) is 0. The number of ether oxygens (including phenoxy) is 1. The molecular weight excluding hydrogens is 279 g/mol. The second kappa shape index (κ2) is 5.18. The zero-order valence-electron chi connectivity index (χ0n) is 8.49. The topological polar surface area (TPSA) is 54.4 Å². The Morgan fingerprint density at radius 3 is 3.12 bits per heavy atom. The van der Waals surface area contributed by atoms with Gasteiger partial charge in [-0.2, -0.15) is 0 Å². The van der Waals surface area contributed by atoms with E-state index in [4.69, 9.17) is 4.74 Å². The predicted octanol–water partition coefficient (Wildman–Crippen LogP) is 0.832. The highest BCUT2D eigenvalue weighted by Gasteiger charge is 2.29. The average Bonchev–Trinajstić information content (AvgIpc) is 2.27. The minimum Gasteiger partial charge on any atom is -0.388 e. The zero-order chi connectivity index (χ0) is 11.5. The summed E-state index contributed by atoms with van der Waals surface area (Å²) in [4.78, 5) is 3.77. The van der Waals surface area contributed by atoms with Crippen molar-refractivity contribution in [2.24, 2.45) is 0 Å². The van der Waals surface area contributed by atoms with E-state index < -0.39 is 6.10 Å². The maximum Gasteiger partial charge on any atom is 0.160 e. The van der Waals surface area contributed by atoms with Crippen molar-refractivity contribution in [2.45, 2.75) is 18.8 Å². The number of aliphatic hydroxyl groups is 1. The molecule has 0 aliphatic carbocycles. The van der Waals surface area contributed by atoms with Crippen LogP contribution in [0.25, 0.3) is 0 Å². The Morgan fingerprint density at radius 1 is 1.69 bits per heavy atom. The van der Waals surface area contributed by atoms with E-state index in [1.165, 1.54) is 0 Å². The van der Waals surface area contributed by atoms with E-state index in [0.717, 1.165) is 0 Å². The maximum atomic E-state index is 13.5. The Morgan fingerprint density at radius 2 is 2.50 bits per heavy atom. The van der Waals surface area contributed by atoms with E-state index in [2.05, 4.69) is 26.2 Å². The van der Waals surface area contributed by atoms with Crippen LogP contribution in [0.15, 0.2) is 16.9 Å². The standard InChI is InChI=1S/C10H12BrFN2O2/c11-10-9(12)6(1-2-14-10)3-13-4-8-7(15)5-16-8/h1-2,7-8,13,15H,3-5H2. The van der Waals surface area contributed by atoms with Crippen molar-refractivity contribution in [1.29, 1.82) is 0 Å². The van der Waals surface area contributed by atoms with Gasteiger partial charge in [-0.15, -0.1) is 0 Å². The molecule has 1 aliphatic rings. The second-order valence-corrected chi connectivity index (χ2v) is 4.40. The first kappa shape index (κ1) is 11.9. The summed E-state index contributed by atoms with van der Waals surface area (Å²) in [5, 5.41) is 12.3. The molecule has 2 atom stereocenters. The maximum absolute atomic E-state index is 13.5. The Labute approximate surface area is 101 Å². The van der Waals surface area contributed by atoms with Gasteiger partial charge in [-0.3, -0.25) is 0 Å². The Hall–Kier alpha value is -0.560. The molecule has 0 radical (unpaired) electrons. The van der Waals surface area contributed by atoms with Gasteiger partial charge in [-0.25, -0.2) is 9.37 Å². The van der Waals surface area contributed by atoms with Crippen molar-refractivity contribution in [3.8, 4) is 0 Å². The molecule has 0 bridgehead atoms. The molecule has 1 aromatic heterocycles. The van der Waals surface area contributed by atoms with Crippen molar-refractivity contribution >= 4 is 15.9 Å². The number of pyridine rings is 1. The van der Waals surface area contributed by atoms with Gasteiger partial charge >= 0.3 is 0 Å². The number of aromatic nitrogens is 1. The van der Waals surface area contributed by atoms with Crippen LogP contribution in [0.4, 0.5) is 4.39 Å². The van der Waals surface area contributed by atoms with E-state index in [1.807, 2.05) is 0 Å². The quantitative estimate of drug-likeness (QED) is 0.807. The van der Waals surface area contributed by atoms with Crippen LogP contribution in [-0.4, -0.2) is 35.5 Å². The number of hydrogen-bond donors (Lipinski definition) is 2. The van der Waals surface area contributed by atoms with E-state index in [9.17, 15) is 9.50 Å². The lowest BCUT2D eigenvalue weighted by Gasteiger charge is -2.32. The minimum absolute atomic E-state index is 0.173. The van der Waals surface area contributed by atoms with Gasteiger partial charge in [0.05, 0.1) is 12.7 Å². The zero-order valence-corrected chi connectivity index (χ0v) is 10.1. The fourth-order valence-electron chi connectivity index (χ4n) is 1.45. The van der Waals surface area contributed by atoms with Crippen LogP contribution in [-0.2, 0) is 11.3 Å². The van der Waals surface area contributed by atoms with Gasteiger partial charge in [0.1, 0.15) is 10.7 Å². The molecule has 0 aromatic carbocycles. The normalized spacial score (nSPS) is 24.2. The highest BCUT2D eigenvalue weighted by atomic mass is 79.9. The lowest BCUT2D eigenvalue weighted by molar-refractivity contribution is -0.159. The highest BCUT2D eigenvalue weighted by Crippen LogP contribution is 2.16. The highest BCUT2D eigenvalue weighted by molar-refractivity contribution is 9.10. The summed E-state index contributed by atoms with van der Waals surface area (Å²) < 4.78 is 18.8. The third kappa shape index (κ3) is 2.57. The third-order valence-electron chi connectivity index (χ3n) is 2.50. The van der Waals surface area contributed by atoms with Gasteiger partial charge in [-0.05, 0) is 22.0 Å². The molecule has 16 heavy (non-hydrogen) atoms. The van der Waals surface area contributed by atoms with Gasteiger partial charge in [0.25, 0.3) is 0 Å². The van der Waals surface area contributed by atoms with E-state index in [-0.39, 0.29) is 16.5 Å². The van der Waals surface area contributed by atoms with Crippen LogP contribution in [0.3, 0.4) is 0 Å². The van der Waals surface area contributed by atoms with Crippen LogP contribution in [0.1, 0.15) is 5.56 Å². The van der Waals surface area contributed by atoms with Crippen LogP contribution >= 0.6 is 15.9 Å². The van der Waals surface area contributed by atoms with E-state index in [1.54, 1.807) is 12.3 Å². The van der Waals surface area contributed by atoms with Crippen molar-refractivity contribution in [3.05, 3.63) is 28.2 Å². The minimum atomic E-state index is -0.401. The Kier molecular flexibility index (Phi) is 3.86. The molecule has 1 saturated heterocycles. The molecular formula is C10H12BrFN2O2. The van der Waals surface area contributed by atoms with Crippen LogP contribution in [0.5, 0.6) is 0 Å². The Balaban J connectivity index is 1.83. The molecule has 88 valence electrons. The molecule has 2 heterocycles. The number of hydrogen-bond acceptors (Lipinski definition) is 4. The average molecular weight is 291 g/mol.